The van der Waals surface area contributed by atoms with Gasteiger partial charge in [0.15, 0.2) is 5.88 Å². The lowest BCUT2D eigenvalue weighted by Crippen LogP contribution is -2.48. The number of aromatic nitrogens is 2. The smallest absolute Gasteiger partial charge is 0.316 e. The molecule has 3 rings (SSSR count). The number of hydrogen-bond acceptors (Lipinski definition) is 6. The van der Waals surface area contributed by atoms with Crippen LogP contribution in [0.3, 0.4) is 0 Å². The summed E-state index contributed by atoms with van der Waals surface area (Å²) in [5.41, 5.74) is 1.37. The number of ether oxygens (including phenoxy) is 2. The van der Waals surface area contributed by atoms with Crippen LogP contribution in [0.4, 0.5) is 0 Å². The number of sulfonamides is 1. The highest BCUT2D eigenvalue weighted by Crippen LogP contribution is 2.40. The molecule has 1 atom stereocenters. The fourth-order valence-corrected chi connectivity index (χ4v) is 4.77. The summed E-state index contributed by atoms with van der Waals surface area (Å²) in [6, 6.07) is 7.48. The molecule has 2 heterocycles. The molecule has 7 nitrogen and oxygen atoms in total. The van der Waals surface area contributed by atoms with Crippen LogP contribution in [0, 0.1) is 0 Å². The minimum Gasteiger partial charge on any atom is -0.471 e. The number of hydrogen-bond donors (Lipinski definition) is 1. The number of nitrogens with zero attached hydrogens (tertiary/aromatic N) is 2. The van der Waals surface area contributed by atoms with Gasteiger partial charge in [-0.15, -0.1) is 0 Å². The summed E-state index contributed by atoms with van der Waals surface area (Å²) < 4.78 is 38.0. The summed E-state index contributed by atoms with van der Waals surface area (Å²) in [6.07, 6.45) is 3.30. The molecule has 25 heavy (non-hydrogen) atoms. The third-order valence-corrected chi connectivity index (χ3v) is 5.91. The van der Waals surface area contributed by atoms with Gasteiger partial charge in [0, 0.05) is 18.0 Å². The Bertz CT molecular complexity index is 890. The Balaban J connectivity index is 1.94. The molecular weight excluding hydrogens is 342 g/mol. The van der Waals surface area contributed by atoms with Crippen molar-refractivity contribution in [2.24, 2.45) is 0 Å². The Kier molecular flexibility index (Phi) is 4.16. The molecule has 0 aliphatic carbocycles. The fourth-order valence-electron chi connectivity index (χ4n) is 2.98. The minimum atomic E-state index is -3.64. The van der Waals surface area contributed by atoms with Crippen LogP contribution >= 0.6 is 0 Å². The van der Waals surface area contributed by atoms with E-state index in [1.807, 2.05) is 12.1 Å². The molecule has 132 valence electrons. The van der Waals surface area contributed by atoms with E-state index in [-0.39, 0.29) is 5.88 Å². The van der Waals surface area contributed by atoms with Crippen molar-refractivity contribution in [1.82, 2.24) is 14.7 Å². The first-order chi connectivity index (χ1) is 11.7. The van der Waals surface area contributed by atoms with Gasteiger partial charge < -0.3 is 9.47 Å². The highest BCUT2D eigenvalue weighted by Gasteiger charge is 2.47. The maximum atomic E-state index is 12.5. The number of rotatable bonds is 3. The lowest BCUT2D eigenvalue weighted by atomic mass is 9.96. The van der Waals surface area contributed by atoms with Crippen molar-refractivity contribution >= 4 is 10.0 Å². The van der Waals surface area contributed by atoms with E-state index in [4.69, 9.17) is 9.47 Å². The third kappa shape index (κ3) is 3.30. The van der Waals surface area contributed by atoms with Crippen molar-refractivity contribution in [3.8, 4) is 17.1 Å². The van der Waals surface area contributed by atoms with Gasteiger partial charge in [0.25, 0.3) is 0 Å². The van der Waals surface area contributed by atoms with E-state index >= 15 is 0 Å². The Morgan fingerprint density at radius 2 is 1.76 bits per heavy atom. The van der Waals surface area contributed by atoms with Gasteiger partial charge in [-0.3, -0.25) is 4.72 Å². The van der Waals surface area contributed by atoms with E-state index in [1.54, 1.807) is 38.4 Å². The van der Waals surface area contributed by atoms with Gasteiger partial charge in [-0.1, -0.05) is 24.3 Å². The molecule has 1 aliphatic rings. The highest BCUT2D eigenvalue weighted by molar-refractivity contribution is 7.90. The normalized spacial score (nSPS) is 21.1. The predicted molar refractivity (Wildman–Crippen MR) is 93.1 cm³/mol. The first kappa shape index (κ1) is 17.2. The van der Waals surface area contributed by atoms with Crippen LogP contribution in [-0.2, 0) is 14.8 Å². The van der Waals surface area contributed by atoms with Crippen LogP contribution < -0.4 is 9.46 Å². The maximum Gasteiger partial charge on any atom is 0.316 e. The standard InChI is InChI=1S/C17H19N3O4S/c1-11-20-25(21,22)15(17(2,3)24-11)13-7-5-12(6-8-13)14-9-18-16(23-4)19-10-14/h5-10,15,20H,1H2,2-4H3. The second kappa shape index (κ2) is 6.03. The van der Waals surface area contributed by atoms with Crippen LogP contribution in [0.2, 0.25) is 0 Å². The van der Waals surface area contributed by atoms with Gasteiger partial charge in [0.05, 0.1) is 7.11 Å². The Morgan fingerprint density at radius 3 is 2.28 bits per heavy atom. The molecule has 1 N–H and O–H groups in total. The average molecular weight is 361 g/mol. The minimum absolute atomic E-state index is 0.0354. The van der Waals surface area contributed by atoms with Crippen LogP contribution in [0.15, 0.2) is 49.1 Å². The van der Waals surface area contributed by atoms with E-state index in [9.17, 15) is 8.42 Å². The molecule has 0 spiro atoms. The molecule has 1 aromatic carbocycles. The SMILES string of the molecule is C=C1NS(=O)(=O)C(c2ccc(-c3cnc(OC)nc3)cc2)C(C)(C)O1. The summed E-state index contributed by atoms with van der Waals surface area (Å²) >= 11 is 0. The van der Waals surface area contributed by atoms with Crippen molar-refractivity contribution < 1.29 is 17.9 Å². The van der Waals surface area contributed by atoms with Gasteiger partial charge in [-0.2, -0.15) is 0 Å². The van der Waals surface area contributed by atoms with Crippen molar-refractivity contribution in [2.75, 3.05) is 7.11 Å². The fraction of sp³-hybridized carbons (Fsp3) is 0.294. The van der Waals surface area contributed by atoms with Crippen LogP contribution in [0.1, 0.15) is 24.7 Å². The first-order valence-electron chi connectivity index (χ1n) is 7.59. The van der Waals surface area contributed by atoms with E-state index in [0.29, 0.717) is 11.6 Å². The van der Waals surface area contributed by atoms with Crippen molar-refractivity contribution in [3.63, 3.8) is 0 Å². The zero-order valence-electron chi connectivity index (χ0n) is 14.2. The summed E-state index contributed by atoms with van der Waals surface area (Å²) in [6.45, 7) is 7.02. The van der Waals surface area contributed by atoms with Gasteiger partial charge in [-0.25, -0.2) is 18.4 Å². The Labute approximate surface area is 146 Å². The summed E-state index contributed by atoms with van der Waals surface area (Å²) in [5, 5.41) is -0.855. The zero-order valence-corrected chi connectivity index (χ0v) is 15.0. The molecule has 0 amide bonds. The average Bonchev–Trinajstić information content (AvgIpc) is 2.53. The number of benzene rings is 1. The van der Waals surface area contributed by atoms with E-state index in [2.05, 4.69) is 21.3 Å². The molecule has 0 radical (unpaired) electrons. The molecule has 0 saturated carbocycles. The maximum absolute atomic E-state index is 12.5. The molecule has 1 unspecified atom stereocenters. The zero-order chi connectivity index (χ0) is 18.2. The lowest BCUT2D eigenvalue weighted by Gasteiger charge is -2.39. The molecular formula is C17H19N3O4S. The summed E-state index contributed by atoms with van der Waals surface area (Å²) in [5.74, 6) is 0.0354. The molecule has 2 aromatic rings. The lowest BCUT2D eigenvalue weighted by molar-refractivity contribution is 0.0156. The van der Waals surface area contributed by atoms with Gasteiger partial charge in [-0.05, 0) is 31.6 Å². The molecule has 1 aromatic heterocycles. The Hall–Kier alpha value is -2.61. The van der Waals surface area contributed by atoms with E-state index in [0.717, 1.165) is 11.1 Å². The Morgan fingerprint density at radius 1 is 1.16 bits per heavy atom. The molecule has 1 fully saturated rings. The number of nitrogens with one attached hydrogen (secondary N) is 1. The predicted octanol–water partition coefficient (Wildman–Crippen LogP) is 2.39. The van der Waals surface area contributed by atoms with Crippen LogP contribution in [0.25, 0.3) is 11.1 Å². The van der Waals surface area contributed by atoms with Gasteiger partial charge in [0.1, 0.15) is 10.9 Å². The molecule has 8 heteroatoms. The molecule has 1 saturated heterocycles. The van der Waals surface area contributed by atoms with E-state index < -0.39 is 20.9 Å². The topological polar surface area (TPSA) is 90.4 Å². The second-order valence-electron chi connectivity index (χ2n) is 6.24. The van der Waals surface area contributed by atoms with Gasteiger partial charge in [0.2, 0.25) is 10.0 Å². The molecule has 0 bridgehead atoms. The first-order valence-corrected chi connectivity index (χ1v) is 9.13. The quantitative estimate of drug-likeness (QED) is 0.903. The van der Waals surface area contributed by atoms with Crippen LogP contribution in [-0.4, -0.2) is 31.1 Å². The van der Waals surface area contributed by atoms with Gasteiger partial charge >= 0.3 is 6.01 Å². The van der Waals surface area contributed by atoms with Crippen LogP contribution in [0.5, 0.6) is 6.01 Å². The molecule has 1 aliphatic heterocycles. The van der Waals surface area contributed by atoms with Crippen molar-refractivity contribution in [2.45, 2.75) is 24.7 Å². The largest absolute Gasteiger partial charge is 0.471 e. The van der Waals surface area contributed by atoms with Crippen molar-refractivity contribution in [1.29, 1.82) is 0 Å². The van der Waals surface area contributed by atoms with E-state index in [1.165, 1.54) is 7.11 Å². The third-order valence-electron chi connectivity index (χ3n) is 3.94. The monoisotopic (exact) mass is 361 g/mol. The second-order valence-corrected chi connectivity index (χ2v) is 8.00. The summed E-state index contributed by atoms with van der Waals surface area (Å²) in [7, 11) is -2.13. The summed E-state index contributed by atoms with van der Waals surface area (Å²) in [4.78, 5) is 8.14. The van der Waals surface area contributed by atoms with Crippen molar-refractivity contribution in [3.05, 3.63) is 54.7 Å². The highest BCUT2D eigenvalue weighted by atomic mass is 32.2. The number of methoxy groups -OCH3 is 1.